The van der Waals surface area contributed by atoms with Crippen LogP contribution in [0.4, 0.5) is 0 Å². The van der Waals surface area contributed by atoms with Gasteiger partial charge in [0.25, 0.3) is 0 Å². The molecular weight excluding hydrogens is 303 g/mol. The van der Waals surface area contributed by atoms with Gasteiger partial charge in [0.2, 0.25) is 0 Å². The van der Waals surface area contributed by atoms with E-state index in [0.717, 1.165) is 32.1 Å². The van der Waals surface area contributed by atoms with Crippen LogP contribution in [0.2, 0.25) is 0 Å². The monoisotopic (exact) mass is 334 g/mol. The van der Waals surface area contributed by atoms with Gasteiger partial charge in [-0.05, 0) is 32.1 Å². The first kappa shape index (κ1) is 21.4. The Morgan fingerprint density at radius 2 is 1.41 bits per heavy atom. The smallest absolute Gasteiger partial charge is 0.371 e. The molecule has 0 spiro atoms. The predicted octanol–water partition coefficient (Wildman–Crippen LogP) is 4.88. The molecule has 2 N–H and O–H groups in total. The Hall–Kier alpha value is -0.640. The van der Waals surface area contributed by atoms with Gasteiger partial charge < -0.3 is 4.52 Å². The summed E-state index contributed by atoms with van der Waals surface area (Å²) in [5, 5.41) is 0. The maximum Gasteiger partial charge on any atom is 0.526 e. The molecule has 6 heteroatoms. The highest BCUT2D eigenvalue weighted by molar-refractivity contribution is 7.46. The van der Waals surface area contributed by atoms with Crippen LogP contribution in [-0.2, 0) is 13.9 Å². The van der Waals surface area contributed by atoms with Gasteiger partial charge in [0.15, 0.2) is 0 Å². The molecule has 5 nitrogen and oxygen atoms in total. The zero-order valence-corrected chi connectivity index (χ0v) is 14.6. The summed E-state index contributed by atoms with van der Waals surface area (Å²) in [6.45, 7) is 2.22. The van der Waals surface area contributed by atoms with E-state index in [4.69, 9.17) is 9.79 Å². The van der Waals surface area contributed by atoms with Crippen molar-refractivity contribution in [1.29, 1.82) is 0 Å². The summed E-state index contributed by atoms with van der Waals surface area (Å²) >= 11 is 0. The summed E-state index contributed by atoms with van der Waals surface area (Å²) in [5.74, 6) is -0.820. The first-order valence-corrected chi connectivity index (χ1v) is 9.91. The minimum Gasteiger partial charge on any atom is -0.371 e. The summed E-state index contributed by atoms with van der Waals surface area (Å²) in [6.07, 6.45) is 16.9. The first-order valence-electron chi connectivity index (χ1n) is 8.38. The largest absolute Gasteiger partial charge is 0.526 e. The van der Waals surface area contributed by atoms with Gasteiger partial charge in [-0.15, -0.1) is 0 Å². The van der Waals surface area contributed by atoms with E-state index in [9.17, 15) is 9.36 Å². The van der Waals surface area contributed by atoms with Crippen molar-refractivity contribution in [2.75, 3.05) is 0 Å². The van der Waals surface area contributed by atoms with Crippen molar-refractivity contribution in [2.45, 2.75) is 84.0 Å². The lowest BCUT2D eigenvalue weighted by atomic mass is 10.1. The van der Waals surface area contributed by atoms with Gasteiger partial charge >= 0.3 is 13.8 Å². The van der Waals surface area contributed by atoms with E-state index in [-0.39, 0.29) is 6.42 Å². The van der Waals surface area contributed by atoms with E-state index in [2.05, 4.69) is 23.6 Å². The third-order valence-electron chi connectivity index (χ3n) is 3.36. The number of rotatable bonds is 14. The van der Waals surface area contributed by atoms with Crippen molar-refractivity contribution in [3.05, 3.63) is 12.2 Å². The molecule has 0 unspecified atom stereocenters. The van der Waals surface area contributed by atoms with E-state index in [1.807, 2.05) is 0 Å². The summed E-state index contributed by atoms with van der Waals surface area (Å²) in [7, 11) is -4.67. The maximum atomic E-state index is 11.0. The Kier molecular flexibility index (Phi) is 13.6. The normalized spacial score (nSPS) is 12.0. The molecule has 0 saturated carbocycles. The van der Waals surface area contributed by atoms with Gasteiger partial charge in [0.1, 0.15) is 0 Å². The van der Waals surface area contributed by atoms with Crippen molar-refractivity contribution in [3.8, 4) is 0 Å². The Morgan fingerprint density at radius 3 is 1.95 bits per heavy atom. The van der Waals surface area contributed by atoms with Gasteiger partial charge in [0.05, 0.1) is 0 Å². The van der Waals surface area contributed by atoms with Crippen molar-refractivity contribution in [1.82, 2.24) is 0 Å². The zero-order valence-electron chi connectivity index (χ0n) is 13.7. The lowest BCUT2D eigenvalue weighted by Crippen LogP contribution is -2.01. The summed E-state index contributed by atoms with van der Waals surface area (Å²) in [6, 6.07) is 0. The molecule has 0 aromatic heterocycles. The van der Waals surface area contributed by atoms with Gasteiger partial charge in [-0.2, -0.15) is 0 Å². The fourth-order valence-corrected chi connectivity index (χ4v) is 2.52. The molecule has 0 heterocycles. The van der Waals surface area contributed by atoms with Crippen LogP contribution >= 0.6 is 7.82 Å². The van der Waals surface area contributed by atoms with E-state index >= 15 is 0 Å². The third-order valence-corrected chi connectivity index (χ3v) is 3.80. The van der Waals surface area contributed by atoms with Crippen LogP contribution in [0.1, 0.15) is 84.0 Å². The van der Waals surface area contributed by atoms with Crippen LogP contribution in [0, 0.1) is 0 Å². The summed E-state index contributed by atoms with van der Waals surface area (Å²) in [4.78, 5) is 27.9. The standard InChI is InChI=1S/C16H31O5P/c1-2-3-4-5-6-7-8-9-10-11-12-13-14-15-16(17)21-22(18,19)20/h7-8H,2-6,9-15H2,1H3,(H2,18,19,20)/b8-7-. The SMILES string of the molecule is CCCCCC/C=C\CCCCCCCC(=O)OP(=O)(O)O. The number of allylic oxidation sites excluding steroid dienone is 2. The molecular formula is C16H31O5P. The fraction of sp³-hybridized carbons (Fsp3) is 0.812. The number of carbonyl (C=O) groups excluding carboxylic acids is 1. The second kappa shape index (κ2) is 14.0. The molecule has 0 aliphatic rings. The highest BCUT2D eigenvalue weighted by Crippen LogP contribution is 2.36. The lowest BCUT2D eigenvalue weighted by Gasteiger charge is -2.04. The predicted molar refractivity (Wildman–Crippen MR) is 88.4 cm³/mol. The molecule has 0 saturated heterocycles. The highest BCUT2D eigenvalue weighted by Gasteiger charge is 2.19. The van der Waals surface area contributed by atoms with Crippen LogP contribution in [0.25, 0.3) is 0 Å². The average molecular weight is 334 g/mol. The molecule has 0 aromatic rings. The Balaban J connectivity index is 3.28. The molecule has 0 radical (unpaired) electrons. The molecule has 0 aromatic carbocycles. The minimum absolute atomic E-state index is 0.0722. The number of phosphoric ester groups is 1. The van der Waals surface area contributed by atoms with Crippen molar-refractivity contribution in [3.63, 3.8) is 0 Å². The number of unbranched alkanes of at least 4 members (excludes halogenated alkanes) is 9. The van der Waals surface area contributed by atoms with Gasteiger partial charge in [0, 0.05) is 6.42 Å². The zero-order chi connectivity index (χ0) is 16.7. The van der Waals surface area contributed by atoms with Gasteiger partial charge in [-0.3, -0.25) is 14.6 Å². The van der Waals surface area contributed by atoms with Crippen LogP contribution in [-0.4, -0.2) is 15.8 Å². The van der Waals surface area contributed by atoms with E-state index in [0.29, 0.717) is 6.42 Å². The molecule has 0 aliphatic heterocycles. The molecule has 130 valence electrons. The quantitative estimate of drug-likeness (QED) is 0.269. The van der Waals surface area contributed by atoms with Crippen molar-refractivity contribution >= 4 is 13.8 Å². The number of phosphoric acid groups is 1. The van der Waals surface area contributed by atoms with E-state index < -0.39 is 13.8 Å². The molecule has 0 rings (SSSR count). The summed E-state index contributed by atoms with van der Waals surface area (Å²) in [5.41, 5.74) is 0. The highest BCUT2D eigenvalue weighted by atomic mass is 31.2. The fourth-order valence-electron chi connectivity index (χ4n) is 2.16. The Bertz CT molecular complexity index is 348. The van der Waals surface area contributed by atoms with Crippen LogP contribution in [0.3, 0.4) is 0 Å². The van der Waals surface area contributed by atoms with E-state index in [1.54, 1.807) is 0 Å². The lowest BCUT2D eigenvalue weighted by molar-refractivity contribution is -0.135. The van der Waals surface area contributed by atoms with Crippen molar-refractivity contribution < 1.29 is 23.7 Å². The maximum absolute atomic E-state index is 11.0. The van der Waals surface area contributed by atoms with E-state index in [1.165, 1.54) is 32.1 Å². The molecule has 22 heavy (non-hydrogen) atoms. The first-order chi connectivity index (χ1) is 10.5. The number of hydrogen-bond acceptors (Lipinski definition) is 3. The summed E-state index contributed by atoms with van der Waals surface area (Å²) < 4.78 is 14.4. The third kappa shape index (κ3) is 17.4. The topological polar surface area (TPSA) is 83.8 Å². The van der Waals surface area contributed by atoms with Gasteiger partial charge in [-0.25, -0.2) is 4.57 Å². The molecule has 0 bridgehead atoms. The van der Waals surface area contributed by atoms with Crippen LogP contribution in [0.5, 0.6) is 0 Å². The van der Waals surface area contributed by atoms with Gasteiger partial charge in [-0.1, -0.05) is 57.6 Å². The number of hydrogen-bond donors (Lipinski definition) is 2. The second-order valence-corrected chi connectivity index (χ2v) is 6.74. The second-order valence-electron chi connectivity index (χ2n) is 5.58. The van der Waals surface area contributed by atoms with Crippen LogP contribution < -0.4 is 0 Å². The Labute approximate surface area is 134 Å². The molecule has 0 amide bonds. The molecule has 0 fully saturated rings. The van der Waals surface area contributed by atoms with Crippen LogP contribution in [0.15, 0.2) is 12.2 Å². The molecule has 0 aliphatic carbocycles. The number of carbonyl (C=O) groups is 1. The Morgan fingerprint density at radius 1 is 0.909 bits per heavy atom. The minimum atomic E-state index is -4.67. The molecule has 0 atom stereocenters. The van der Waals surface area contributed by atoms with Crippen molar-refractivity contribution in [2.24, 2.45) is 0 Å². The average Bonchev–Trinajstić information content (AvgIpc) is 2.42.